The first-order valence-corrected chi connectivity index (χ1v) is 11.8. The van der Waals surface area contributed by atoms with E-state index in [2.05, 4.69) is 20.6 Å². The summed E-state index contributed by atoms with van der Waals surface area (Å²) in [6.45, 7) is 8.76. The molecule has 1 aliphatic rings. The van der Waals surface area contributed by atoms with Crippen LogP contribution in [-0.4, -0.2) is 49.8 Å². The summed E-state index contributed by atoms with van der Waals surface area (Å²) in [5.74, 6) is 2.52. The first-order chi connectivity index (χ1) is 14.4. The van der Waals surface area contributed by atoms with Gasteiger partial charge in [-0.2, -0.15) is 4.31 Å². The molecule has 0 aliphatic carbocycles. The summed E-state index contributed by atoms with van der Waals surface area (Å²) in [6.07, 6.45) is 1.63. The fourth-order valence-corrected chi connectivity index (χ4v) is 4.92. The Morgan fingerprint density at radius 2 is 1.87 bits per heavy atom. The average molecular weight is 561 g/mol. The summed E-state index contributed by atoms with van der Waals surface area (Å²) < 4.78 is 32.7. The molecule has 1 fully saturated rings. The van der Waals surface area contributed by atoms with E-state index in [0.717, 1.165) is 37.4 Å². The first-order valence-electron chi connectivity index (χ1n) is 10.4. The molecule has 0 amide bonds. The zero-order valence-corrected chi connectivity index (χ0v) is 21.4. The van der Waals surface area contributed by atoms with Crippen LogP contribution in [0.3, 0.4) is 0 Å². The highest BCUT2D eigenvalue weighted by molar-refractivity contribution is 14.0. The van der Waals surface area contributed by atoms with Crippen LogP contribution >= 0.6 is 24.0 Å². The molecule has 0 saturated carbocycles. The summed E-state index contributed by atoms with van der Waals surface area (Å²) in [6, 6.07) is 8.64. The molecule has 3 rings (SSSR count). The van der Waals surface area contributed by atoms with Gasteiger partial charge in [-0.15, -0.1) is 24.0 Å². The second-order valence-corrected chi connectivity index (χ2v) is 9.42. The number of hydrogen-bond acceptors (Lipinski definition) is 5. The molecule has 2 aromatic rings. The number of piperidine rings is 1. The molecule has 0 atom stereocenters. The maximum atomic E-state index is 12.8. The maximum Gasteiger partial charge on any atom is 0.243 e. The molecular formula is C21H32IN5O3S. The zero-order chi connectivity index (χ0) is 21.6. The minimum absolute atomic E-state index is 0. The molecule has 31 heavy (non-hydrogen) atoms. The third-order valence-corrected chi connectivity index (χ3v) is 7.22. The molecule has 1 aromatic heterocycles. The van der Waals surface area contributed by atoms with Gasteiger partial charge in [-0.1, -0.05) is 18.2 Å². The van der Waals surface area contributed by atoms with E-state index in [-0.39, 0.29) is 24.0 Å². The molecule has 10 heteroatoms. The number of nitrogens with one attached hydrogen (secondary N) is 2. The van der Waals surface area contributed by atoms with Crippen molar-refractivity contribution < 1.29 is 12.8 Å². The lowest BCUT2D eigenvalue weighted by Crippen LogP contribution is -2.44. The summed E-state index contributed by atoms with van der Waals surface area (Å²) in [5, 5.41) is 6.60. The van der Waals surface area contributed by atoms with Gasteiger partial charge in [0, 0.05) is 26.2 Å². The molecule has 2 N–H and O–H groups in total. The monoisotopic (exact) mass is 561 g/mol. The van der Waals surface area contributed by atoms with Crippen molar-refractivity contribution in [2.75, 3.05) is 26.2 Å². The van der Waals surface area contributed by atoms with Gasteiger partial charge in [0.25, 0.3) is 0 Å². The quantitative estimate of drug-likeness (QED) is 0.306. The summed E-state index contributed by atoms with van der Waals surface area (Å²) >= 11 is 0. The molecule has 2 heterocycles. The number of aliphatic imine (C=N–C) groups is 1. The fraction of sp³-hybridized carbons (Fsp3) is 0.524. The lowest BCUT2D eigenvalue weighted by atomic mass is 9.98. The largest absolute Gasteiger partial charge is 0.444 e. The minimum atomic E-state index is -3.41. The Hall–Kier alpha value is -1.66. The number of halogens is 1. The highest BCUT2D eigenvalue weighted by Gasteiger charge is 2.29. The fourth-order valence-electron chi connectivity index (χ4n) is 3.43. The third-order valence-electron chi connectivity index (χ3n) is 5.30. The molecule has 0 bridgehead atoms. The number of rotatable bonds is 7. The molecule has 8 nitrogen and oxygen atoms in total. The van der Waals surface area contributed by atoms with E-state index < -0.39 is 10.0 Å². The summed E-state index contributed by atoms with van der Waals surface area (Å²) in [4.78, 5) is 9.27. The van der Waals surface area contributed by atoms with Crippen LogP contribution in [0.25, 0.3) is 0 Å². The van der Waals surface area contributed by atoms with Crippen LogP contribution in [-0.2, 0) is 16.6 Å². The van der Waals surface area contributed by atoms with Crippen molar-refractivity contribution in [2.24, 2.45) is 10.9 Å². The third kappa shape index (κ3) is 6.91. The van der Waals surface area contributed by atoms with Crippen LogP contribution in [0.4, 0.5) is 0 Å². The van der Waals surface area contributed by atoms with Crippen LogP contribution in [0.5, 0.6) is 0 Å². The number of guanidine groups is 1. The molecule has 0 unspecified atom stereocenters. The van der Waals surface area contributed by atoms with Crippen molar-refractivity contribution in [3.05, 3.63) is 47.7 Å². The summed E-state index contributed by atoms with van der Waals surface area (Å²) in [5.41, 5.74) is 0.885. The van der Waals surface area contributed by atoms with Gasteiger partial charge in [0.15, 0.2) is 5.96 Å². The highest BCUT2D eigenvalue weighted by Crippen LogP contribution is 2.23. The normalized spacial score (nSPS) is 16.0. The van der Waals surface area contributed by atoms with Gasteiger partial charge in [-0.25, -0.2) is 18.4 Å². The van der Waals surface area contributed by atoms with Crippen molar-refractivity contribution in [3.63, 3.8) is 0 Å². The summed E-state index contributed by atoms with van der Waals surface area (Å²) in [7, 11) is -3.41. The average Bonchev–Trinajstić information content (AvgIpc) is 3.08. The van der Waals surface area contributed by atoms with E-state index in [1.54, 1.807) is 28.6 Å². The van der Waals surface area contributed by atoms with Gasteiger partial charge in [0.2, 0.25) is 15.9 Å². The van der Waals surface area contributed by atoms with Gasteiger partial charge in [-0.05, 0) is 51.7 Å². The Morgan fingerprint density at radius 3 is 2.45 bits per heavy atom. The van der Waals surface area contributed by atoms with E-state index in [1.807, 2.05) is 26.8 Å². The van der Waals surface area contributed by atoms with Crippen LogP contribution in [0.15, 0.2) is 44.6 Å². The minimum Gasteiger partial charge on any atom is -0.444 e. The van der Waals surface area contributed by atoms with Gasteiger partial charge in [0.05, 0.1) is 10.6 Å². The number of oxazole rings is 1. The van der Waals surface area contributed by atoms with E-state index in [1.165, 1.54) is 0 Å². The van der Waals surface area contributed by atoms with Crippen molar-refractivity contribution in [2.45, 2.75) is 45.1 Å². The van der Waals surface area contributed by atoms with E-state index in [4.69, 9.17) is 4.42 Å². The Bertz CT molecular complexity index is 935. The molecule has 0 radical (unpaired) electrons. The lowest BCUT2D eigenvalue weighted by molar-refractivity contribution is 0.273. The number of aromatic nitrogens is 1. The predicted molar refractivity (Wildman–Crippen MR) is 132 cm³/mol. The second-order valence-electron chi connectivity index (χ2n) is 7.49. The number of hydrogen-bond donors (Lipinski definition) is 2. The van der Waals surface area contributed by atoms with E-state index >= 15 is 0 Å². The van der Waals surface area contributed by atoms with Crippen LogP contribution in [0, 0.1) is 19.8 Å². The zero-order valence-electron chi connectivity index (χ0n) is 18.3. The molecule has 1 aromatic carbocycles. The number of sulfonamides is 1. The predicted octanol–water partition coefficient (Wildman–Crippen LogP) is 3.07. The van der Waals surface area contributed by atoms with Gasteiger partial charge >= 0.3 is 0 Å². The van der Waals surface area contributed by atoms with Crippen molar-refractivity contribution in [3.8, 4) is 0 Å². The Morgan fingerprint density at radius 1 is 1.19 bits per heavy atom. The highest BCUT2D eigenvalue weighted by atomic mass is 127. The first kappa shape index (κ1) is 25.6. The Labute approximate surface area is 202 Å². The standard InChI is InChI=1S/C21H31N5O3S.HI/c1-4-22-21(24-15-20-25-16(2)17(3)29-20)23-14-18-10-12-26(13-11-18)30(27,28)19-8-6-5-7-9-19;/h5-9,18H,4,10-15H2,1-3H3,(H2,22,23,24);1H. The van der Waals surface area contributed by atoms with Crippen LogP contribution in [0.1, 0.15) is 37.1 Å². The van der Waals surface area contributed by atoms with Crippen LogP contribution < -0.4 is 10.6 Å². The van der Waals surface area contributed by atoms with Gasteiger partial charge in [0.1, 0.15) is 12.3 Å². The van der Waals surface area contributed by atoms with Crippen molar-refractivity contribution in [1.29, 1.82) is 0 Å². The molecule has 0 spiro atoms. The van der Waals surface area contributed by atoms with Crippen LogP contribution in [0.2, 0.25) is 0 Å². The SMILES string of the molecule is CCNC(=NCc1nc(C)c(C)o1)NCC1CCN(S(=O)(=O)c2ccccc2)CC1.I. The number of nitrogens with zero attached hydrogens (tertiary/aromatic N) is 3. The van der Waals surface area contributed by atoms with Gasteiger partial charge in [-0.3, -0.25) is 0 Å². The topological polar surface area (TPSA) is 99.8 Å². The van der Waals surface area contributed by atoms with Crippen molar-refractivity contribution >= 4 is 40.0 Å². The van der Waals surface area contributed by atoms with E-state index in [0.29, 0.717) is 42.3 Å². The smallest absolute Gasteiger partial charge is 0.243 e. The van der Waals surface area contributed by atoms with E-state index in [9.17, 15) is 8.42 Å². The van der Waals surface area contributed by atoms with Gasteiger partial charge < -0.3 is 15.1 Å². The molecule has 1 aliphatic heterocycles. The Balaban J connectivity index is 0.00000341. The van der Waals surface area contributed by atoms with Crippen molar-refractivity contribution in [1.82, 2.24) is 19.9 Å². The number of aryl methyl sites for hydroxylation is 2. The maximum absolute atomic E-state index is 12.8. The molecular weight excluding hydrogens is 529 g/mol. The number of benzene rings is 1. The second kappa shape index (κ2) is 11.8. The lowest BCUT2D eigenvalue weighted by Gasteiger charge is -2.31. The molecule has 1 saturated heterocycles. The Kier molecular flexibility index (Phi) is 9.76. The molecule has 172 valence electrons.